The molecule has 0 atom stereocenters. The second kappa shape index (κ2) is 6.36. The summed E-state index contributed by atoms with van der Waals surface area (Å²) in [5, 5.41) is 0.0438. The SMILES string of the molecule is C=N/C=C1\C(=N/C)C(c2ccc(Cl)c(F)c2)=C2C(=O)N(C3CC3)CCN21. The second-order valence-electron chi connectivity index (χ2n) is 6.50. The summed E-state index contributed by atoms with van der Waals surface area (Å²) in [6.45, 7) is 4.83. The molecule has 7 heteroatoms. The lowest BCUT2D eigenvalue weighted by molar-refractivity contribution is -0.131. The molecule has 1 aromatic carbocycles. The molecule has 1 aliphatic carbocycles. The largest absolute Gasteiger partial charge is 0.333 e. The average Bonchev–Trinajstić information content (AvgIpc) is 3.41. The Morgan fingerprint density at radius 1 is 1.35 bits per heavy atom. The molecule has 1 aromatic rings. The molecule has 0 spiro atoms. The van der Waals surface area contributed by atoms with E-state index in [0.29, 0.717) is 47.4 Å². The summed E-state index contributed by atoms with van der Waals surface area (Å²) in [6.07, 6.45) is 3.67. The molecule has 1 saturated carbocycles. The van der Waals surface area contributed by atoms with Crippen molar-refractivity contribution in [3.05, 3.63) is 52.2 Å². The number of amides is 1. The van der Waals surface area contributed by atoms with Gasteiger partial charge in [-0.15, -0.1) is 0 Å². The average molecular weight is 373 g/mol. The Hall–Kier alpha value is -2.47. The van der Waals surface area contributed by atoms with Crippen LogP contribution in [0.2, 0.25) is 5.02 Å². The van der Waals surface area contributed by atoms with Gasteiger partial charge in [0.25, 0.3) is 5.91 Å². The minimum Gasteiger partial charge on any atom is -0.333 e. The number of hydrogen-bond acceptors (Lipinski definition) is 4. The van der Waals surface area contributed by atoms with Crippen LogP contribution in [0, 0.1) is 5.82 Å². The van der Waals surface area contributed by atoms with Crippen molar-refractivity contribution in [2.24, 2.45) is 9.98 Å². The first-order valence-corrected chi connectivity index (χ1v) is 8.86. The Morgan fingerprint density at radius 3 is 2.73 bits per heavy atom. The van der Waals surface area contributed by atoms with Gasteiger partial charge in [0.15, 0.2) is 0 Å². The van der Waals surface area contributed by atoms with Crippen molar-refractivity contribution >= 4 is 35.5 Å². The molecule has 0 aromatic heterocycles. The van der Waals surface area contributed by atoms with E-state index >= 15 is 0 Å². The topological polar surface area (TPSA) is 48.3 Å². The maximum Gasteiger partial charge on any atom is 0.271 e. The van der Waals surface area contributed by atoms with E-state index in [2.05, 4.69) is 16.7 Å². The Kier molecular flexibility index (Phi) is 4.15. The Bertz CT molecular complexity index is 901. The molecule has 2 fully saturated rings. The van der Waals surface area contributed by atoms with Gasteiger partial charge >= 0.3 is 0 Å². The first kappa shape index (κ1) is 17.0. The first-order chi connectivity index (χ1) is 12.6. The van der Waals surface area contributed by atoms with E-state index in [0.717, 1.165) is 12.8 Å². The van der Waals surface area contributed by atoms with Gasteiger partial charge in [0.05, 0.1) is 22.6 Å². The number of carbonyl (C=O) groups is 1. The number of piperazine rings is 1. The predicted molar refractivity (Wildman–Crippen MR) is 101 cm³/mol. The predicted octanol–water partition coefficient (Wildman–Crippen LogP) is 3.12. The summed E-state index contributed by atoms with van der Waals surface area (Å²) < 4.78 is 14.1. The van der Waals surface area contributed by atoms with Gasteiger partial charge < -0.3 is 9.80 Å². The normalized spacial score (nSPS) is 23.3. The van der Waals surface area contributed by atoms with Crippen molar-refractivity contribution in [3.63, 3.8) is 0 Å². The molecular weight excluding hydrogens is 355 g/mol. The third-order valence-corrected chi connectivity index (χ3v) is 5.24. The van der Waals surface area contributed by atoms with Gasteiger partial charge in [0, 0.05) is 31.8 Å². The highest BCUT2D eigenvalue weighted by Gasteiger charge is 2.45. The molecule has 5 nitrogen and oxygen atoms in total. The summed E-state index contributed by atoms with van der Waals surface area (Å²) in [4.78, 5) is 25.3. The van der Waals surface area contributed by atoms with Crippen LogP contribution >= 0.6 is 11.6 Å². The summed E-state index contributed by atoms with van der Waals surface area (Å²) in [5.41, 5.74) is 3.05. The van der Waals surface area contributed by atoms with Crippen molar-refractivity contribution < 1.29 is 9.18 Å². The number of aliphatic imine (C=N–C) groups is 2. The third-order valence-electron chi connectivity index (χ3n) is 4.94. The standard InChI is InChI=1S/C19H18ClFN4O/c1-22-10-15-17(23-2)16(11-3-6-13(20)14(21)9-11)18-19(26)24(12-4-5-12)7-8-25(15)18/h3,6,9-10,12H,1,4-5,7-8H2,2H3/b15-10+,23-17+. The number of fused-ring (bicyclic) bond motifs is 1. The number of hydrogen-bond donors (Lipinski definition) is 0. The summed E-state index contributed by atoms with van der Waals surface area (Å²) >= 11 is 5.83. The number of benzene rings is 1. The van der Waals surface area contributed by atoms with E-state index in [-0.39, 0.29) is 10.9 Å². The molecule has 1 amide bonds. The number of allylic oxidation sites excluding steroid dienone is 1. The zero-order valence-corrected chi connectivity index (χ0v) is 15.1. The van der Waals surface area contributed by atoms with Crippen molar-refractivity contribution in [1.82, 2.24) is 9.80 Å². The monoisotopic (exact) mass is 372 g/mol. The third kappa shape index (κ3) is 2.56. The zero-order valence-electron chi connectivity index (χ0n) is 14.4. The Labute approximate surface area is 156 Å². The molecule has 2 aliphatic heterocycles. The van der Waals surface area contributed by atoms with Crippen LogP contribution in [0.3, 0.4) is 0 Å². The smallest absolute Gasteiger partial charge is 0.271 e. The highest BCUT2D eigenvalue weighted by atomic mass is 35.5. The molecule has 0 unspecified atom stereocenters. The minimum absolute atomic E-state index is 0.0438. The van der Waals surface area contributed by atoms with Gasteiger partial charge in [0.2, 0.25) is 0 Å². The molecular formula is C19H18ClFN4O. The van der Waals surface area contributed by atoms with Crippen molar-refractivity contribution in [3.8, 4) is 0 Å². The number of nitrogens with zero attached hydrogens (tertiary/aromatic N) is 4. The van der Waals surface area contributed by atoms with E-state index in [1.54, 1.807) is 19.3 Å². The fourth-order valence-corrected chi connectivity index (χ4v) is 3.74. The first-order valence-electron chi connectivity index (χ1n) is 8.48. The number of carbonyl (C=O) groups excluding carboxylic acids is 1. The highest BCUT2D eigenvalue weighted by Crippen LogP contribution is 2.41. The van der Waals surface area contributed by atoms with Crippen LogP contribution in [0.25, 0.3) is 5.57 Å². The van der Waals surface area contributed by atoms with Crippen molar-refractivity contribution in [2.45, 2.75) is 18.9 Å². The summed E-state index contributed by atoms with van der Waals surface area (Å²) in [5.74, 6) is -0.571. The Balaban J connectivity index is 1.92. The van der Waals surface area contributed by atoms with Gasteiger partial charge in [-0.3, -0.25) is 14.8 Å². The molecule has 3 aliphatic rings. The molecule has 4 rings (SSSR count). The minimum atomic E-state index is -0.527. The van der Waals surface area contributed by atoms with Crippen LogP contribution in [0.4, 0.5) is 4.39 Å². The second-order valence-corrected chi connectivity index (χ2v) is 6.91. The Morgan fingerprint density at radius 2 is 2.12 bits per heavy atom. The fourth-order valence-electron chi connectivity index (χ4n) is 3.63. The van der Waals surface area contributed by atoms with Crippen LogP contribution in [-0.2, 0) is 4.79 Å². The lowest BCUT2D eigenvalue weighted by Gasteiger charge is -2.35. The maximum absolute atomic E-state index is 14.1. The van der Waals surface area contributed by atoms with Crippen molar-refractivity contribution in [1.29, 1.82) is 0 Å². The van der Waals surface area contributed by atoms with Gasteiger partial charge in [-0.1, -0.05) is 17.7 Å². The lowest BCUT2D eigenvalue weighted by atomic mass is 9.99. The van der Waals surface area contributed by atoms with Crippen LogP contribution < -0.4 is 0 Å². The van der Waals surface area contributed by atoms with E-state index < -0.39 is 5.82 Å². The quantitative estimate of drug-likeness (QED) is 0.765. The molecule has 134 valence electrons. The lowest BCUT2D eigenvalue weighted by Crippen LogP contribution is -2.47. The van der Waals surface area contributed by atoms with Crippen LogP contribution in [-0.4, -0.2) is 54.3 Å². The molecule has 0 radical (unpaired) electrons. The van der Waals surface area contributed by atoms with Crippen LogP contribution in [0.15, 0.2) is 45.8 Å². The zero-order chi connectivity index (χ0) is 18.4. The molecule has 26 heavy (non-hydrogen) atoms. The molecule has 2 heterocycles. The molecule has 1 saturated heterocycles. The molecule has 0 N–H and O–H groups in total. The van der Waals surface area contributed by atoms with Gasteiger partial charge in [-0.2, -0.15) is 0 Å². The van der Waals surface area contributed by atoms with Crippen LogP contribution in [0.1, 0.15) is 18.4 Å². The summed E-state index contributed by atoms with van der Waals surface area (Å²) in [6, 6.07) is 4.87. The molecule has 0 bridgehead atoms. The number of rotatable bonds is 3. The number of halogens is 2. The van der Waals surface area contributed by atoms with E-state index in [9.17, 15) is 9.18 Å². The summed E-state index contributed by atoms with van der Waals surface area (Å²) in [7, 11) is 1.65. The van der Waals surface area contributed by atoms with E-state index in [1.165, 1.54) is 12.1 Å². The van der Waals surface area contributed by atoms with E-state index in [4.69, 9.17) is 11.6 Å². The maximum atomic E-state index is 14.1. The van der Waals surface area contributed by atoms with Gasteiger partial charge in [-0.05, 0) is 37.3 Å². The van der Waals surface area contributed by atoms with Gasteiger partial charge in [-0.25, -0.2) is 4.39 Å². The fraction of sp³-hybridized carbons (Fsp3) is 0.316. The van der Waals surface area contributed by atoms with E-state index in [1.807, 2.05) is 9.80 Å². The van der Waals surface area contributed by atoms with Crippen molar-refractivity contribution in [2.75, 3.05) is 20.1 Å². The van der Waals surface area contributed by atoms with Gasteiger partial charge in [0.1, 0.15) is 11.5 Å². The van der Waals surface area contributed by atoms with Crippen LogP contribution in [0.5, 0.6) is 0 Å². The highest BCUT2D eigenvalue weighted by molar-refractivity contribution is 6.38.